The molecule has 1 aromatic carbocycles. The van der Waals surface area contributed by atoms with Gasteiger partial charge in [0.2, 0.25) is 12.2 Å². The molecule has 1 aliphatic carbocycles. The number of rotatable bonds is 4. The van der Waals surface area contributed by atoms with Gasteiger partial charge in [-0.2, -0.15) is 9.97 Å². The SMILES string of the molecule is C[n+]1c[nH]c2ncn(Cc3nc(C4CCC(c5ccc(F)cc5)C4)no3)c(=O)c21. The molecule has 0 radical (unpaired) electrons. The van der Waals surface area contributed by atoms with Gasteiger partial charge in [-0.15, -0.1) is 0 Å². The van der Waals surface area contributed by atoms with Gasteiger partial charge in [0.1, 0.15) is 18.7 Å². The lowest BCUT2D eigenvalue weighted by Crippen LogP contribution is -2.34. The Kier molecular flexibility index (Phi) is 4.22. The zero-order valence-corrected chi connectivity index (χ0v) is 15.9. The number of nitrogens with zero attached hydrogens (tertiary/aromatic N) is 5. The van der Waals surface area contributed by atoms with Crippen molar-refractivity contribution in [3.8, 4) is 0 Å². The van der Waals surface area contributed by atoms with Crippen molar-refractivity contribution < 1.29 is 13.5 Å². The zero-order valence-electron chi connectivity index (χ0n) is 15.9. The van der Waals surface area contributed by atoms with Crippen molar-refractivity contribution in [2.45, 2.75) is 37.6 Å². The molecule has 3 heterocycles. The molecule has 0 spiro atoms. The number of hydrogen-bond acceptors (Lipinski definition) is 5. The van der Waals surface area contributed by atoms with E-state index < -0.39 is 0 Å². The highest BCUT2D eigenvalue weighted by molar-refractivity contribution is 5.63. The van der Waals surface area contributed by atoms with Crippen LogP contribution in [0.2, 0.25) is 0 Å². The first-order valence-corrected chi connectivity index (χ1v) is 9.58. The number of H-pyrrole nitrogens is 1. The van der Waals surface area contributed by atoms with E-state index in [1.54, 1.807) is 17.9 Å². The lowest BCUT2D eigenvalue weighted by Gasteiger charge is -2.09. The fraction of sp³-hybridized carbons (Fsp3) is 0.350. The highest BCUT2D eigenvalue weighted by Crippen LogP contribution is 2.42. The van der Waals surface area contributed by atoms with Gasteiger partial charge in [-0.3, -0.25) is 9.36 Å². The Bertz CT molecular complexity index is 1230. The van der Waals surface area contributed by atoms with E-state index in [2.05, 4.69) is 20.1 Å². The lowest BCUT2D eigenvalue weighted by molar-refractivity contribution is -0.645. The van der Waals surface area contributed by atoms with E-state index in [1.807, 2.05) is 12.1 Å². The van der Waals surface area contributed by atoms with Crippen LogP contribution in [0.15, 0.2) is 46.2 Å². The molecule has 0 bridgehead atoms. The molecule has 1 fully saturated rings. The van der Waals surface area contributed by atoms with Crippen molar-refractivity contribution in [3.05, 3.63) is 70.4 Å². The molecule has 1 aliphatic rings. The standard InChI is InChI=1S/C20H19FN6O2/c1-26-10-22-19-17(26)20(28)27(11-23-19)9-16-24-18(25-29-16)14-3-2-13(8-14)12-4-6-15(21)7-5-12/h4-7,10-11,13-14H,2-3,8-9H2,1H3/p+1. The van der Waals surface area contributed by atoms with E-state index in [9.17, 15) is 9.18 Å². The minimum Gasteiger partial charge on any atom is -0.337 e. The van der Waals surface area contributed by atoms with E-state index in [0.29, 0.717) is 28.8 Å². The van der Waals surface area contributed by atoms with Crippen molar-refractivity contribution in [1.82, 2.24) is 24.7 Å². The Balaban J connectivity index is 1.32. The van der Waals surface area contributed by atoms with E-state index >= 15 is 0 Å². The topological polar surface area (TPSA) is 93.5 Å². The summed E-state index contributed by atoms with van der Waals surface area (Å²) in [5, 5.41) is 4.14. The summed E-state index contributed by atoms with van der Waals surface area (Å²) in [6.07, 6.45) is 6.02. The summed E-state index contributed by atoms with van der Waals surface area (Å²) in [6, 6.07) is 6.70. The molecular formula is C20H20FN6O2+. The number of hydrogen-bond donors (Lipinski definition) is 1. The molecule has 2 atom stereocenters. The molecule has 1 N–H and O–H groups in total. The van der Waals surface area contributed by atoms with Gasteiger partial charge in [-0.1, -0.05) is 17.3 Å². The number of aromatic amines is 1. The highest BCUT2D eigenvalue weighted by Gasteiger charge is 2.30. The molecule has 2 unspecified atom stereocenters. The summed E-state index contributed by atoms with van der Waals surface area (Å²) in [7, 11) is 1.79. The minimum absolute atomic E-state index is 0.171. The molecule has 29 heavy (non-hydrogen) atoms. The predicted molar refractivity (Wildman–Crippen MR) is 101 cm³/mol. The van der Waals surface area contributed by atoms with Gasteiger partial charge in [-0.25, -0.2) is 13.9 Å². The van der Waals surface area contributed by atoms with Crippen LogP contribution in [0.4, 0.5) is 4.39 Å². The van der Waals surface area contributed by atoms with Gasteiger partial charge < -0.3 is 4.52 Å². The van der Waals surface area contributed by atoms with Crippen LogP contribution in [0.1, 0.15) is 48.4 Å². The average Bonchev–Trinajstić information content (AvgIpc) is 3.45. The molecule has 4 aromatic rings. The Morgan fingerprint density at radius 1 is 1.28 bits per heavy atom. The molecule has 1 saturated carbocycles. The number of benzene rings is 1. The summed E-state index contributed by atoms with van der Waals surface area (Å²) < 4.78 is 21.7. The number of halogens is 1. The lowest BCUT2D eigenvalue weighted by atomic mass is 9.96. The van der Waals surface area contributed by atoms with E-state index in [0.717, 1.165) is 24.8 Å². The predicted octanol–water partition coefficient (Wildman–Crippen LogP) is 2.17. The summed E-state index contributed by atoms with van der Waals surface area (Å²) in [5.74, 6) is 1.39. The second kappa shape index (κ2) is 6.91. The number of aryl methyl sites for hydroxylation is 1. The number of aromatic nitrogens is 6. The number of nitrogens with one attached hydrogen (secondary N) is 1. The quantitative estimate of drug-likeness (QED) is 0.535. The maximum absolute atomic E-state index is 13.2. The maximum Gasteiger partial charge on any atom is 0.305 e. The van der Waals surface area contributed by atoms with Gasteiger partial charge in [0.25, 0.3) is 11.2 Å². The van der Waals surface area contributed by atoms with E-state index in [4.69, 9.17) is 4.52 Å². The highest BCUT2D eigenvalue weighted by atomic mass is 19.1. The van der Waals surface area contributed by atoms with E-state index in [1.165, 1.54) is 23.0 Å². The van der Waals surface area contributed by atoms with Crippen LogP contribution in [0.3, 0.4) is 0 Å². The monoisotopic (exact) mass is 395 g/mol. The van der Waals surface area contributed by atoms with Crippen molar-refractivity contribution in [3.63, 3.8) is 0 Å². The van der Waals surface area contributed by atoms with Gasteiger partial charge in [-0.05, 0) is 42.9 Å². The third-order valence-corrected chi connectivity index (χ3v) is 5.69. The van der Waals surface area contributed by atoms with Crippen molar-refractivity contribution >= 4 is 11.2 Å². The second-order valence-corrected chi connectivity index (χ2v) is 7.56. The van der Waals surface area contributed by atoms with Crippen LogP contribution < -0.4 is 10.1 Å². The molecule has 5 rings (SSSR count). The molecular weight excluding hydrogens is 375 g/mol. The fourth-order valence-corrected chi connectivity index (χ4v) is 4.13. The molecule has 0 saturated heterocycles. The molecule has 148 valence electrons. The van der Waals surface area contributed by atoms with Crippen LogP contribution in [0, 0.1) is 5.82 Å². The van der Waals surface area contributed by atoms with Crippen LogP contribution in [-0.2, 0) is 13.6 Å². The summed E-state index contributed by atoms with van der Waals surface area (Å²) in [5.41, 5.74) is 2.00. The molecule has 9 heteroatoms. The molecule has 0 amide bonds. The number of imidazole rings is 1. The smallest absolute Gasteiger partial charge is 0.305 e. The first kappa shape index (κ1) is 17.7. The normalized spacial score (nSPS) is 19.2. The summed E-state index contributed by atoms with van der Waals surface area (Å²) in [6.45, 7) is 0.175. The first-order chi connectivity index (χ1) is 14.1. The van der Waals surface area contributed by atoms with Gasteiger partial charge in [0, 0.05) is 5.92 Å². The van der Waals surface area contributed by atoms with Crippen molar-refractivity contribution in [1.29, 1.82) is 0 Å². The molecule has 0 aliphatic heterocycles. The van der Waals surface area contributed by atoms with Gasteiger partial charge >= 0.3 is 5.56 Å². The zero-order chi connectivity index (χ0) is 20.0. The fourth-order valence-electron chi connectivity index (χ4n) is 4.13. The van der Waals surface area contributed by atoms with Crippen LogP contribution in [0.25, 0.3) is 11.2 Å². The number of fused-ring (bicyclic) bond motifs is 1. The van der Waals surface area contributed by atoms with Crippen LogP contribution in [0.5, 0.6) is 0 Å². The Hall–Kier alpha value is -3.36. The Morgan fingerprint density at radius 2 is 2.07 bits per heavy atom. The summed E-state index contributed by atoms with van der Waals surface area (Å²) >= 11 is 0. The molecule has 3 aromatic heterocycles. The Labute approximate surface area is 165 Å². The maximum atomic E-state index is 13.2. The van der Waals surface area contributed by atoms with Crippen molar-refractivity contribution in [2.24, 2.45) is 7.05 Å². The third kappa shape index (κ3) is 3.22. The van der Waals surface area contributed by atoms with Crippen LogP contribution >= 0.6 is 0 Å². The average molecular weight is 395 g/mol. The summed E-state index contributed by atoms with van der Waals surface area (Å²) in [4.78, 5) is 24.4. The Morgan fingerprint density at radius 3 is 2.90 bits per heavy atom. The largest absolute Gasteiger partial charge is 0.337 e. The third-order valence-electron chi connectivity index (χ3n) is 5.69. The van der Waals surface area contributed by atoms with E-state index in [-0.39, 0.29) is 23.8 Å². The minimum atomic E-state index is -0.220. The van der Waals surface area contributed by atoms with Gasteiger partial charge in [0.15, 0.2) is 5.82 Å². The van der Waals surface area contributed by atoms with Crippen molar-refractivity contribution in [2.75, 3.05) is 0 Å². The van der Waals surface area contributed by atoms with Crippen LogP contribution in [-0.4, -0.2) is 24.7 Å². The second-order valence-electron chi connectivity index (χ2n) is 7.56. The van der Waals surface area contributed by atoms with Gasteiger partial charge in [0.05, 0.1) is 7.05 Å². The molecule has 8 nitrogen and oxygen atoms in total. The first-order valence-electron chi connectivity index (χ1n) is 9.58.